The maximum Gasteiger partial charge on any atom is 0.184 e. The van der Waals surface area contributed by atoms with Crippen molar-refractivity contribution in [2.75, 3.05) is 0 Å². The average molecular weight is 303 g/mol. The zero-order valence-corrected chi connectivity index (χ0v) is 11.9. The molecule has 0 spiro atoms. The van der Waals surface area contributed by atoms with Crippen LogP contribution in [-0.4, -0.2) is 11.3 Å². The molecule has 3 N–H and O–H groups in total. The van der Waals surface area contributed by atoms with Crippen LogP contribution in [0.3, 0.4) is 0 Å². The molecule has 0 saturated carbocycles. The van der Waals surface area contributed by atoms with Crippen LogP contribution in [0.1, 0.15) is 11.1 Å². The second kappa shape index (κ2) is 7.35. The molecule has 21 heavy (non-hydrogen) atoms. The standard InChI is InChI=1S/C15H14FN3OS/c16-14-4-2-1-3-12(14)10-20-13-7-5-11(6-8-13)9-18-19-15(17)21/h1-9H,10H2,(H3,17,19,21). The molecule has 0 saturated heterocycles. The van der Waals surface area contributed by atoms with Crippen LogP contribution in [0.4, 0.5) is 4.39 Å². The number of halogens is 1. The summed E-state index contributed by atoms with van der Waals surface area (Å²) in [5, 5.41) is 3.95. The normalized spacial score (nSPS) is 10.5. The maximum atomic E-state index is 13.4. The van der Waals surface area contributed by atoms with Crippen LogP contribution in [0.15, 0.2) is 53.6 Å². The summed E-state index contributed by atoms with van der Waals surface area (Å²) in [6.07, 6.45) is 1.58. The maximum absolute atomic E-state index is 13.4. The highest BCUT2D eigenvalue weighted by molar-refractivity contribution is 7.80. The Hall–Kier alpha value is -2.47. The summed E-state index contributed by atoms with van der Waals surface area (Å²) in [5.41, 5.74) is 9.09. The quantitative estimate of drug-likeness (QED) is 0.506. The van der Waals surface area contributed by atoms with Crippen molar-refractivity contribution in [3.63, 3.8) is 0 Å². The van der Waals surface area contributed by atoms with Crippen LogP contribution in [0, 0.1) is 5.82 Å². The van der Waals surface area contributed by atoms with E-state index in [-0.39, 0.29) is 17.5 Å². The Kier molecular flexibility index (Phi) is 5.22. The molecule has 0 aromatic heterocycles. The van der Waals surface area contributed by atoms with Gasteiger partial charge in [0.1, 0.15) is 18.2 Å². The Labute approximate surface area is 127 Å². The monoisotopic (exact) mass is 303 g/mol. The van der Waals surface area contributed by atoms with E-state index >= 15 is 0 Å². The van der Waals surface area contributed by atoms with Gasteiger partial charge in [-0.15, -0.1) is 0 Å². The zero-order valence-electron chi connectivity index (χ0n) is 11.1. The van der Waals surface area contributed by atoms with E-state index in [2.05, 4.69) is 22.7 Å². The van der Waals surface area contributed by atoms with Gasteiger partial charge in [-0.1, -0.05) is 18.2 Å². The number of ether oxygens (including phenoxy) is 1. The third-order valence-electron chi connectivity index (χ3n) is 2.62. The molecular formula is C15H14FN3OS. The van der Waals surface area contributed by atoms with Crippen molar-refractivity contribution < 1.29 is 9.13 Å². The van der Waals surface area contributed by atoms with Crippen molar-refractivity contribution in [3.05, 3.63) is 65.5 Å². The fraction of sp³-hybridized carbons (Fsp3) is 0.0667. The minimum absolute atomic E-state index is 0.107. The van der Waals surface area contributed by atoms with Crippen LogP contribution >= 0.6 is 12.2 Å². The Bertz CT molecular complexity index is 644. The molecule has 2 rings (SSSR count). The largest absolute Gasteiger partial charge is 0.489 e. The van der Waals surface area contributed by atoms with E-state index in [1.807, 2.05) is 12.1 Å². The zero-order chi connectivity index (χ0) is 15.1. The predicted octanol–water partition coefficient (Wildman–Crippen LogP) is 2.57. The summed E-state index contributed by atoms with van der Waals surface area (Å²) >= 11 is 4.63. The van der Waals surface area contributed by atoms with Crippen molar-refractivity contribution in [1.29, 1.82) is 0 Å². The van der Waals surface area contributed by atoms with E-state index in [0.29, 0.717) is 11.3 Å². The van der Waals surface area contributed by atoms with Gasteiger partial charge >= 0.3 is 0 Å². The molecular weight excluding hydrogens is 289 g/mol. The number of benzene rings is 2. The highest BCUT2D eigenvalue weighted by Crippen LogP contribution is 2.14. The topological polar surface area (TPSA) is 59.6 Å². The number of hydrazone groups is 1. The fourth-order valence-corrected chi connectivity index (χ4v) is 1.65. The number of thiocarbonyl (C=S) groups is 1. The van der Waals surface area contributed by atoms with E-state index in [9.17, 15) is 4.39 Å². The van der Waals surface area contributed by atoms with E-state index in [0.717, 1.165) is 5.56 Å². The average Bonchev–Trinajstić information content (AvgIpc) is 2.47. The minimum atomic E-state index is -0.273. The third-order valence-corrected chi connectivity index (χ3v) is 2.71. The molecule has 0 heterocycles. The van der Waals surface area contributed by atoms with E-state index < -0.39 is 0 Å². The lowest BCUT2D eigenvalue weighted by atomic mass is 10.2. The van der Waals surface area contributed by atoms with Crippen molar-refractivity contribution in [3.8, 4) is 5.75 Å². The first-order valence-corrected chi connectivity index (χ1v) is 6.61. The molecule has 108 valence electrons. The highest BCUT2D eigenvalue weighted by atomic mass is 32.1. The highest BCUT2D eigenvalue weighted by Gasteiger charge is 2.01. The van der Waals surface area contributed by atoms with Gasteiger partial charge in [-0.3, -0.25) is 5.43 Å². The lowest BCUT2D eigenvalue weighted by molar-refractivity contribution is 0.300. The first kappa shape index (κ1) is 14.9. The van der Waals surface area contributed by atoms with Crippen LogP contribution < -0.4 is 15.9 Å². The molecule has 6 heteroatoms. The van der Waals surface area contributed by atoms with Crippen molar-refractivity contribution in [2.45, 2.75) is 6.61 Å². The Morgan fingerprint density at radius 1 is 1.24 bits per heavy atom. The summed E-state index contributed by atoms with van der Waals surface area (Å²) in [5.74, 6) is 0.378. The second-order valence-corrected chi connectivity index (χ2v) is 4.62. The number of rotatable bonds is 5. The van der Waals surface area contributed by atoms with Gasteiger partial charge in [0.2, 0.25) is 0 Å². The van der Waals surface area contributed by atoms with Gasteiger partial charge in [0, 0.05) is 5.56 Å². The van der Waals surface area contributed by atoms with Gasteiger partial charge < -0.3 is 10.5 Å². The molecule has 4 nitrogen and oxygen atoms in total. The second-order valence-electron chi connectivity index (χ2n) is 4.18. The SMILES string of the molecule is NC(=S)NN=Cc1ccc(OCc2ccccc2F)cc1. The summed E-state index contributed by atoms with van der Waals surface area (Å²) < 4.78 is 19.0. The summed E-state index contributed by atoms with van der Waals surface area (Å²) in [6.45, 7) is 0.184. The molecule has 2 aromatic carbocycles. The first-order valence-electron chi connectivity index (χ1n) is 6.20. The first-order chi connectivity index (χ1) is 10.1. The van der Waals surface area contributed by atoms with Gasteiger partial charge in [-0.05, 0) is 48.1 Å². The van der Waals surface area contributed by atoms with E-state index in [1.165, 1.54) is 6.07 Å². The number of hydrogen-bond acceptors (Lipinski definition) is 3. The number of nitrogens with one attached hydrogen (secondary N) is 1. The Morgan fingerprint density at radius 3 is 2.62 bits per heavy atom. The van der Waals surface area contributed by atoms with E-state index in [1.54, 1.807) is 36.5 Å². The Morgan fingerprint density at radius 2 is 1.95 bits per heavy atom. The molecule has 0 aliphatic carbocycles. The number of hydrogen-bond donors (Lipinski definition) is 2. The number of nitrogens with two attached hydrogens (primary N) is 1. The van der Waals surface area contributed by atoms with Crippen molar-refractivity contribution in [1.82, 2.24) is 5.43 Å². The van der Waals surface area contributed by atoms with Gasteiger partial charge in [0.05, 0.1) is 6.21 Å². The molecule has 2 aromatic rings. The molecule has 0 amide bonds. The minimum Gasteiger partial charge on any atom is -0.489 e. The lowest BCUT2D eigenvalue weighted by Crippen LogP contribution is -2.23. The predicted molar refractivity (Wildman–Crippen MR) is 84.7 cm³/mol. The summed E-state index contributed by atoms with van der Waals surface area (Å²) in [6, 6.07) is 13.7. The molecule has 0 radical (unpaired) electrons. The molecule has 0 atom stereocenters. The summed E-state index contributed by atoms with van der Waals surface area (Å²) in [7, 11) is 0. The number of nitrogens with zero attached hydrogens (tertiary/aromatic N) is 1. The van der Waals surface area contributed by atoms with Gasteiger partial charge in [-0.2, -0.15) is 5.10 Å². The van der Waals surface area contributed by atoms with Gasteiger partial charge in [-0.25, -0.2) is 4.39 Å². The summed E-state index contributed by atoms with van der Waals surface area (Å²) in [4.78, 5) is 0. The van der Waals surface area contributed by atoms with Crippen LogP contribution in [0.5, 0.6) is 5.75 Å². The molecule has 0 fully saturated rings. The van der Waals surface area contributed by atoms with Crippen LogP contribution in [0.25, 0.3) is 0 Å². The van der Waals surface area contributed by atoms with Crippen molar-refractivity contribution in [2.24, 2.45) is 10.8 Å². The molecule has 0 unspecified atom stereocenters. The van der Waals surface area contributed by atoms with Crippen LogP contribution in [0.2, 0.25) is 0 Å². The van der Waals surface area contributed by atoms with Gasteiger partial charge in [0.15, 0.2) is 5.11 Å². The molecule has 0 aliphatic heterocycles. The smallest absolute Gasteiger partial charge is 0.184 e. The van der Waals surface area contributed by atoms with Crippen LogP contribution in [-0.2, 0) is 6.61 Å². The lowest BCUT2D eigenvalue weighted by Gasteiger charge is -2.07. The van der Waals surface area contributed by atoms with Gasteiger partial charge in [0.25, 0.3) is 0 Å². The molecule has 0 bridgehead atoms. The molecule has 0 aliphatic rings. The van der Waals surface area contributed by atoms with Crippen molar-refractivity contribution >= 4 is 23.5 Å². The Balaban J connectivity index is 1.92. The third kappa shape index (κ3) is 4.85. The fourth-order valence-electron chi connectivity index (χ4n) is 1.60. The van der Waals surface area contributed by atoms with E-state index in [4.69, 9.17) is 10.5 Å².